The molecule has 0 heterocycles. The van der Waals surface area contributed by atoms with Crippen molar-refractivity contribution >= 4 is 5.78 Å². The van der Waals surface area contributed by atoms with Crippen LogP contribution in [0, 0.1) is 28.6 Å². The third-order valence-corrected chi connectivity index (χ3v) is 7.68. The molecule has 3 heteroatoms. The SMILES string of the molecule is C[C@]12C=CC(=O)C=C1CC[C@@H]1[C@@H]2[C@H](O)C[C@]2(C)/C(=C\CO)CC[C@H]12. The van der Waals surface area contributed by atoms with E-state index in [2.05, 4.69) is 19.9 Å². The minimum Gasteiger partial charge on any atom is -0.393 e. The van der Waals surface area contributed by atoms with Crippen molar-refractivity contribution in [1.82, 2.24) is 0 Å². The van der Waals surface area contributed by atoms with E-state index in [0.717, 1.165) is 32.1 Å². The van der Waals surface area contributed by atoms with Gasteiger partial charge in [0.1, 0.15) is 0 Å². The first-order chi connectivity index (χ1) is 11.4. The molecule has 0 aromatic carbocycles. The third kappa shape index (κ3) is 2.07. The van der Waals surface area contributed by atoms with E-state index >= 15 is 0 Å². The molecule has 0 aromatic heterocycles. The van der Waals surface area contributed by atoms with E-state index in [4.69, 9.17) is 0 Å². The summed E-state index contributed by atoms with van der Waals surface area (Å²) in [4.78, 5) is 11.8. The summed E-state index contributed by atoms with van der Waals surface area (Å²) in [6.07, 6.45) is 12.2. The normalized spacial score (nSPS) is 48.8. The summed E-state index contributed by atoms with van der Waals surface area (Å²) in [5.74, 6) is 1.36. The van der Waals surface area contributed by atoms with Crippen molar-refractivity contribution in [3.05, 3.63) is 35.5 Å². The molecule has 2 N–H and O–H groups in total. The maximum atomic E-state index is 11.8. The number of rotatable bonds is 1. The third-order valence-electron chi connectivity index (χ3n) is 7.68. The van der Waals surface area contributed by atoms with Crippen LogP contribution in [0.4, 0.5) is 0 Å². The van der Waals surface area contributed by atoms with Gasteiger partial charge in [-0.2, -0.15) is 0 Å². The number of allylic oxidation sites excluding steroid dienone is 5. The second kappa shape index (κ2) is 5.40. The van der Waals surface area contributed by atoms with Crippen LogP contribution in [0.15, 0.2) is 35.5 Å². The lowest BCUT2D eigenvalue weighted by atomic mass is 9.47. The number of aliphatic hydroxyl groups is 2. The molecule has 4 rings (SSSR count). The lowest BCUT2D eigenvalue weighted by Gasteiger charge is -2.58. The van der Waals surface area contributed by atoms with Gasteiger partial charge in [-0.15, -0.1) is 0 Å². The molecule has 24 heavy (non-hydrogen) atoms. The van der Waals surface area contributed by atoms with Crippen LogP contribution in [0.3, 0.4) is 0 Å². The smallest absolute Gasteiger partial charge is 0.178 e. The van der Waals surface area contributed by atoms with Gasteiger partial charge in [-0.1, -0.05) is 37.1 Å². The highest BCUT2D eigenvalue weighted by molar-refractivity contribution is 6.01. The number of carbonyl (C=O) groups excluding carboxylic acids is 1. The molecule has 0 saturated heterocycles. The standard InChI is InChI=1S/C21H28O3/c1-20-9-7-15(23)11-14(20)3-5-16-17-6-4-13(8-10-22)21(17,2)12-18(24)19(16)20/h7-9,11,16-19,22,24H,3-6,10,12H2,1-2H3/b13-8-/t16-,17+,18+,19+,20-,21+/m0/s1. The van der Waals surface area contributed by atoms with E-state index in [9.17, 15) is 15.0 Å². The Morgan fingerprint density at radius 1 is 1.29 bits per heavy atom. The summed E-state index contributed by atoms with van der Waals surface area (Å²) in [5, 5.41) is 20.5. The highest BCUT2D eigenvalue weighted by Gasteiger charge is 2.60. The second-order valence-corrected chi connectivity index (χ2v) is 8.66. The molecular weight excluding hydrogens is 300 g/mol. The molecule has 0 radical (unpaired) electrons. The Balaban J connectivity index is 1.74. The molecule has 3 saturated carbocycles. The van der Waals surface area contributed by atoms with E-state index in [-0.39, 0.29) is 35.2 Å². The Labute approximate surface area is 144 Å². The predicted octanol–water partition coefficient (Wildman–Crippen LogP) is 3.18. The molecule has 6 atom stereocenters. The number of aliphatic hydroxyl groups excluding tert-OH is 2. The van der Waals surface area contributed by atoms with Crippen LogP contribution < -0.4 is 0 Å². The van der Waals surface area contributed by atoms with E-state index in [0.29, 0.717) is 11.8 Å². The average Bonchev–Trinajstić information content (AvgIpc) is 2.84. The molecule has 0 amide bonds. The number of fused-ring (bicyclic) bond motifs is 5. The largest absolute Gasteiger partial charge is 0.393 e. The zero-order chi connectivity index (χ0) is 17.1. The minimum atomic E-state index is -0.358. The molecule has 4 aliphatic carbocycles. The second-order valence-electron chi connectivity index (χ2n) is 8.66. The maximum absolute atomic E-state index is 11.8. The van der Waals surface area contributed by atoms with Crippen LogP contribution >= 0.6 is 0 Å². The maximum Gasteiger partial charge on any atom is 0.178 e. The van der Waals surface area contributed by atoms with Crippen molar-refractivity contribution in [2.75, 3.05) is 6.61 Å². The molecule has 0 spiro atoms. The van der Waals surface area contributed by atoms with Gasteiger partial charge >= 0.3 is 0 Å². The van der Waals surface area contributed by atoms with E-state index in [1.807, 2.05) is 12.2 Å². The first-order valence-corrected chi connectivity index (χ1v) is 9.33. The first kappa shape index (κ1) is 16.3. The predicted molar refractivity (Wildman–Crippen MR) is 93.2 cm³/mol. The van der Waals surface area contributed by atoms with Crippen LogP contribution in [0.2, 0.25) is 0 Å². The van der Waals surface area contributed by atoms with E-state index in [1.165, 1.54) is 11.1 Å². The fourth-order valence-electron chi connectivity index (χ4n) is 6.62. The van der Waals surface area contributed by atoms with Crippen molar-refractivity contribution in [2.45, 2.75) is 52.1 Å². The summed E-state index contributed by atoms with van der Waals surface area (Å²) >= 11 is 0. The zero-order valence-electron chi connectivity index (χ0n) is 14.7. The molecule has 3 nitrogen and oxygen atoms in total. The van der Waals surface area contributed by atoms with Gasteiger partial charge in [0.05, 0.1) is 12.7 Å². The number of hydrogen-bond acceptors (Lipinski definition) is 3. The Morgan fingerprint density at radius 3 is 2.83 bits per heavy atom. The van der Waals surface area contributed by atoms with Crippen LogP contribution in [-0.2, 0) is 4.79 Å². The summed E-state index contributed by atoms with van der Waals surface area (Å²) in [6, 6.07) is 0. The van der Waals surface area contributed by atoms with E-state index < -0.39 is 0 Å². The molecule has 130 valence electrons. The lowest BCUT2D eigenvalue weighted by Crippen LogP contribution is -2.55. The topological polar surface area (TPSA) is 57.5 Å². The summed E-state index contributed by atoms with van der Waals surface area (Å²) < 4.78 is 0. The van der Waals surface area contributed by atoms with Gasteiger partial charge in [0.15, 0.2) is 5.78 Å². The molecule has 0 aromatic rings. The minimum absolute atomic E-state index is 0.0229. The Bertz CT molecular complexity index is 658. The number of carbonyl (C=O) groups is 1. The quantitative estimate of drug-likeness (QED) is 0.727. The van der Waals surface area contributed by atoms with Gasteiger partial charge in [0.25, 0.3) is 0 Å². The molecule has 0 aliphatic heterocycles. The Hall–Kier alpha value is -1.19. The zero-order valence-corrected chi connectivity index (χ0v) is 14.7. The van der Waals surface area contributed by atoms with Crippen molar-refractivity contribution in [3.63, 3.8) is 0 Å². The molecule has 0 bridgehead atoms. The average molecular weight is 328 g/mol. The van der Waals surface area contributed by atoms with Gasteiger partial charge < -0.3 is 10.2 Å². The van der Waals surface area contributed by atoms with E-state index in [1.54, 1.807) is 6.08 Å². The molecule has 0 unspecified atom stereocenters. The van der Waals surface area contributed by atoms with Crippen molar-refractivity contribution in [3.8, 4) is 0 Å². The fraction of sp³-hybridized carbons (Fsp3) is 0.667. The van der Waals surface area contributed by atoms with Gasteiger partial charge in [-0.3, -0.25) is 4.79 Å². The van der Waals surface area contributed by atoms with Crippen LogP contribution in [0.5, 0.6) is 0 Å². The molecule has 4 aliphatic rings. The summed E-state index contributed by atoms with van der Waals surface area (Å²) in [6.45, 7) is 4.60. The van der Waals surface area contributed by atoms with Crippen molar-refractivity contribution in [2.24, 2.45) is 28.6 Å². The lowest BCUT2D eigenvalue weighted by molar-refractivity contribution is -0.112. The number of ketones is 1. The highest BCUT2D eigenvalue weighted by Crippen LogP contribution is 2.65. The van der Waals surface area contributed by atoms with Gasteiger partial charge in [0.2, 0.25) is 0 Å². The number of hydrogen-bond donors (Lipinski definition) is 2. The van der Waals surface area contributed by atoms with Crippen molar-refractivity contribution < 1.29 is 15.0 Å². The fourth-order valence-corrected chi connectivity index (χ4v) is 6.62. The van der Waals surface area contributed by atoms with Crippen LogP contribution in [0.1, 0.15) is 46.0 Å². The van der Waals surface area contributed by atoms with Gasteiger partial charge in [0, 0.05) is 11.3 Å². The summed E-state index contributed by atoms with van der Waals surface area (Å²) in [7, 11) is 0. The highest BCUT2D eigenvalue weighted by atomic mass is 16.3. The Morgan fingerprint density at radius 2 is 2.08 bits per heavy atom. The van der Waals surface area contributed by atoms with Gasteiger partial charge in [-0.05, 0) is 61.5 Å². The first-order valence-electron chi connectivity index (χ1n) is 9.33. The van der Waals surface area contributed by atoms with Gasteiger partial charge in [-0.25, -0.2) is 0 Å². The monoisotopic (exact) mass is 328 g/mol. The summed E-state index contributed by atoms with van der Waals surface area (Å²) in [5.41, 5.74) is 2.40. The molecule has 3 fully saturated rings. The van der Waals surface area contributed by atoms with Crippen LogP contribution in [-0.4, -0.2) is 28.7 Å². The van der Waals surface area contributed by atoms with Crippen LogP contribution in [0.25, 0.3) is 0 Å². The van der Waals surface area contributed by atoms with Crippen molar-refractivity contribution in [1.29, 1.82) is 0 Å². The molecular formula is C21H28O3. The Kier molecular flexibility index (Phi) is 3.67.